The lowest BCUT2D eigenvalue weighted by Gasteiger charge is -2.26. The Kier molecular flexibility index (Phi) is 2.40. The predicted molar refractivity (Wildman–Crippen MR) is 63.1 cm³/mol. The molecule has 0 saturated carbocycles. The lowest BCUT2D eigenvalue weighted by Crippen LogP contribution is -2.20. The van der Waals surface area contributed by atoms with E-state index >= 15 is 0 Å². The molecular formula is C13H22N2. The first-order chi connectivity index (χ1) is 6.88. The van der Waals surface area contributed by atoms with Crippen LogP contribution < -0.4 is 0 Å². The highest BCUT2D eigenvalue weighted by atomic mass is 15.1. The van der Waals surface area contributed by atoms with Crippen molar-refractivity contribution in [2.75, 3.05) is 0 Å². The highest BCUT2D eigenvalue weighted by Gasteiger charge is 2.26. The fourth-order valence-corrected chi connectivity index (χ4v) is 2.42. The van der Waals surface area contributed by atoms with Crippen molar-refractivity contribution in [1.29, 1.82) is 0 Å². The van der Waals surface area contributed by atoms with Crippen LogP contribution in [0.4, 0.5) is 0 Å². The first-order valence-electron chi connectivity index (χ1n) is 5.96. The Hall–Kier alpha value is -0.790. The van der Waals surface area contributed by atoms with Crippen molar-refractivity contribution in [2.45, 2.75) is 58.9 Å². The van der Waals surface area contributed by atoms with Gasteiger partial charge in [0.15, 0.2) is 0 Å². The van der Waals surface area contributed by atoms with Crippen molar-refractivity contribution >= 4 is 0 Å². The highest BCUT2D eigenvalue weighted by Crippen LogP contribution is 2.31. The molecule has 2 heterocycles. The topological polar surface area (TPSA) is 17.8 Å². The Morgan fingerprint density at radius 1 is 1.33 bits per heavy atom. The summed E-state index contributed by atoms with van der Waals surface area (Å²) in [5.74, 6) is 2.06. The van der Waals surface area contributed by atoms with Crippen LogP contribution in [0.2, 0.25) is 0 Å². The summed E-state index contributed by atoms with van der Waals surface area (Å²) in [5, 5.41) is 0. The minimum Gasteiger partial charge on any atom is -0.332 e. The van der Waals surface area contributed by atoms with Crippen molar-refractivity contribution < 1.29 is 0 Å². The molecule has 1 aliphatic heterocycles. The van der Waals surface area contributed by atoms with E-state index in [1.165, 1.54) is 17.9 Å². The Morgan fingerprint density at radius 3 is 2.60 bits per heavy atom. The summed E-state index contributed by atoms with van der Waals surface area (Å²) < 4.78 is 2.38. The predicted octanol–water partition coefficient (Wildman–Crippen LogP) is 3.32. The number of imidazole rings is 1. The molecule has 2 rings (SSSR count). The summed E-state index contributed by atoms with van der Waals surface area (Å²) in [5.41, 5.74) is 1.41. The fourth-order valence-electron chi connectivity index (χ4n) is 2.42. The van der Waals surface area contributed by atoms with Gasteiger partial charge in [-0.3, -0.25) is 0 Å². The van der Waals surface area contributed by atoms with Gasteiger partial charge in [0.2, 0.25) is 0 Å². The Morgan fingerprint density at radius 2 is 2.00 bits per heavy atom. The van der Waals surface area contributed by atoms with E-state index in [0.29, 0.717) is 6.04 Å². The molecule has 2 nitrogen and oxygen atoms in total. The number of nitrogens with zero attached hydrogens (tertiary/aromatic N) is 2. The third-order valence-corrected chi connectivity index (χ3v) is 3.33. The van der Waals surface area contributed by atoms with Crippen LogP contribution in [0.3, 0.4) is 0 Å². The van der Waals surface area contributed by atoms with Crippen LogP contribution in [0.1, 0.15) is 58.6 Å². The fraction of sp³-hybridized carbons (Fsp3) is 0.769. The zero-order valence-electron chi connectivity index (χ0n) is 10.5. The molecule has 1 aromatic heterocycles. The number of hydrogen-bond donors (Lipinski definition) is 0. The quantitative estimate of drug-likeness (QED) is 0.636. The van der Waals surface area contributed by atoms with Crippen LogP contribution in [-0.2, 0) is 11.8 Å². The SMILES string of the molecule is CC1Cc2nc(C(C)(C)C)cn2C(C)C1. The maximum atomic E-state index is 4.79. The zero-order chi connectivity index (χ0) is 11.2. The summed E-state index contributed by atoms with van der Waals surface area (Å²) in [6, 6.07) is 0.618. The van der Waals surface area contributed by atoms with Gasteiger partial charge >= 0.3 is 0 Å². The molecule has 1 aliphatic rings. The smallest absolute Gasteiger partial charge is 0.109 e. The van der Waals surface area contributed by atoms with Gasteiger partial charge in [-0.15, -0.1) is 0 Å². The largest absolute Gasteiger partial charge is 0.332 e. The molecule has 0 amide bonds. The molecule has 0 aromatic carbocycles. The third-order valence-electron chi connectivity index (χ3n) is 3.33. The summed E-state index contributed by atoms with van der Waals surface area (Å²) >= 11 is 0. The maximum absolute atomic E-state index is 4.79. The Balaban J connectivity index is 2.39. The van der Waals surface area contributed by atoms with Crippen molar-refractivity contribution in [3.8, 4) is 0 Å². The number of hydrogen-bond acceptors (Lipinski definition) is 1. The van der Waals surface area contributed by atoms with E-state index in [1.54, 1.807) is 0 Å². The van der Waals surface area contributed by atoms with Gasteiger partial charge in [-0.1, -0.05) is 27.7 Å². The van der Waals surface area contributed by atoms with Crippen LogP contribution in [0, 0.1) is 5.92 Å². The molecule has 1 aromatic rings. The molecule has 2 atom stereocenters. The molecule has 0 aliphatic carbocycles. The van der Waals surface area contributed by atoms with Crippen molar-refractivity contribution in [3.63, 3.8) is 0 Å². The monoisotopic (exact) mass is 206 g/mol. The molecular weight excluding hydrogens is 184 g/mol. The van der Waals surface area contributed by atoms with Gasteiger partial charge in [0.1, 0.15) is 5.82 Å². The maximum Gasteiger partial charge on any atom is 0.109 e. The van der Waals surface area contributed by atoms with Gasteiger partial charge in [-0.2, -0.15) is 0 Å². The average molecular weight is 206 g/mol. The second-order valence-electron chi connectivity index (χ2n) is 6.09. The number of aromatic nitrogens is 2. The molecule has 0 bridgehead atoms. The van der Waals surface area contributed by atoms with Crippen molar-refractivity contribution in [2.24, 2.45) is 5.92 Å². The average Bonchev–Trinajstić information content (AvgIpc) is 2.46. The van der Waals surface area contributed by atoms with E-state index in [1.807, 2.05) is 0 Å². The van der Waals surface area contributed by atoms with E-state index in [-0.39, 0.29) is 5.41 Å². The van der Waals surface area contributed by atoms with Crippen molar-refractivity contribution in [3.05, 3.63) is 17.7 Å². The van der Waals surface area contributed by atoms with Gasteiger partial charge in [0.05, 0.1) is 5.69 Å². The highest BCUT2D eigenvalue weighted by molar-refractivity contribution is 5.15. The molecule has 0 radical (unpaired) electrons. The van der Waals surface area contributed by atoms with Crippen molar-refractivity contribution in [1.82, 2.24) is 9.55 Å². The van der Waals surface area contributed by atoms with E-state index in [0.717, 1.165) is 12.3 Å². The van der Waals surface area contributed by atoms with E-state index in [2.05, 4.69) is 45.4 Å². The molecule has 0 N–H and O–H groups in total. The first kappa shape index (κ1) is 10.7. The second kappa shape index (κ2) is 3.36. The first-order valence-corrected chi connectivity index (χ1v) is 5.96. The zero-order valence-corrected chi connectivity index (χ0v) is 10.5. The molecule has 0 saturated heterocycles. The summed E-state index contributed by atoms with van der Waals surface area (Å²) in [7, 11) is 0. The van der Waals surface area contributed by atoms with Gasteiger partial charge in [0, 0.05) is 24.1 Å². The van der Waals surface area contributed by atoms with Crippen LogP contribution in [0.15, 0.2) is 6.20 Å². The van der Waals surface area contributed by atoms with Gasteiger partial charge in [0.25, 0.3) is 0 Å². The second-order valence-corrected chi connectivity index (χ2v) is 6.09. The normalized spacial score (nSPS) is 26.5. The molecule has 0 spiro atoms. The number of fused-ring (bicyclic) bond motifs is 1. The summed E-state index contributed by atoms with van der Waals surface area (Å²) in [6.45, 7) is 11.3. The lowest BCUT2D eigenvalue weighted by atomic mass is 9.93. The van der Waals surface area contributed by atoms with E-state index in [9.17, 15) is 0 Å². The van der Waals surface area contributed by atoms with Crippen LogP contribution in [-0.4, -0.2) is 9.55 Å². The molecule has 2 unspecified atom stereocenters. The Labute approximate surface area is 92.7 Å². The van der Waals surface area contributed by atoms with Gasteiger partial charge in [-0.05, 0) is 19.3 Å². The van der Waals surface area contributed by atoms with Crippen LogP contribution >= 0.6 is 0 Å². The molecule has 0 fully saturated rings. The summed E-state index contributed by atoms with van der Waals surface area (Å²) in [6.07, 6.45) is 4.68. The molecule has 15 heavy (non-hydrogen) atoms. The lowest BCUT2D eigenvalue weighted by molar-refractivity contribution is 0.343. The van der Waals surface area contributed by atoms with Crippen LogP contribution in [0.25, 0.3) is 0 Å². The third kappa shape index (κ3) is 1.95. The van der Waals surface area contributed by atoms with Gasteiger partial charge in [-0.25, -0.2) is 4.98 Å². The van der Waals surface area contributed by atoms with E-state index in [4.69, 9.17) is 4.98 Å². The molecule has 84 valence electrons. The van der Waals surface area contributed by atoms with Crippen LogP contribution in [0.5, 0.6) is 0 Å². The minimum absolute atomic E-state index is 0.174. The summed E-state index contributed by atoms with van der Waals surface area (Å²) in [4.78, 5) is 4.79. The standard InChI is InChI=1S/C13H22N2/c1-9-6-10(2)15-8-11(13(3,4)5)14-12(15)7-9/h8-10H,6-7H2,1-5H3. The number of rotatable bonds is 0. The Bertz CT molecular complexity index is 357. The minimum atomic E-state index is 0.174. The molecule has 2 heteroatoms. The van der Waals surface area contributed by atoms with Gasteiger partial charge < -0.3 is 4.57 Å². The van der Waals surface area contributed by atoms with E-state index < -0.39 is 0 Å².